The summed E-state index contributed by atoms with van der Waals surface area (Å²) in [5, 5.41) is 10.2. The van der Waals surface area contributed by atoms with Crippen molar-refractivity contribution in [1.29, 1.82) is 0 Å². The quantitative estimate of drug-likeness (QED) is 0.318. The Labute approximate surface area is 148 Å². The van der Waals surface area contributed by atoms with Gasteiger partial charge in [-0.05, 0) is 25.7 Å². The van der Waals surface area contributed by atoms with E-state index in [0.717, 1.165) is 51.4 Å². The second kappa shape index (κ2) is 18.8. The van der Waals surface area contributed by atoms with Crippen LogP contribution in [0.5, 0.6) is 0 Å². The van der Waals surface area contributed by atoms with E-state index < -0.39 is 5.97 Å². The summed E-state index contributed by atoms with van der Waals surface area (Å²) in [4.78, 5) is 21.8. The van der Waals surface area contributed by atoms with Crippen LogP contribution in [-0.2, 0) is 9.59 Å². The molecule has 0 amide bonds. The molecule has 124 valence electrons. The Balaban J connectivity index is 0. The first kappa shape index (κ1) is 24.0. The van der Waals surface area contributed by atoms with Crippen molar-refractivity contribution in [3.8, 4) is 0 Å². The molecule has 3 nitrogen and oxygen atoms in total. The first-order valence-electron chi connectivity index (χ1n) is 8.88. The number of hydrogen-bond acceptors (Lipinski definition) is 3. The molecular formula is C18H33LiO3. The molecule has 0 saturated carbocycles. The van der Waals surface area contributed by atoms with Crippen molar-refractivity contribution in [2.75, 3.05) is 0 Å². The maximum Gasteiger partial charge on any atom is 1.00 e. The third-order valence-electron chi connectivity index (χ3n) is 3.90. The van der Waals surface area contributed by atoms with Gasteiger partial charge in [0.1, 0.15) is 5.78 Å². The fraction of sp³-hybridized carbons (Fsp3) is 0.889. The van der Waals surface area contributed by atoms with Gasteiger partial charge in [-0.15, -0.1) is 0 Å². The summed E-state index contributed by atoms with van der Waals surface area (Å²) in [6.07, 6.45) is 15.1. The summed E-state index contributed by atoms with van der Waals surface area (Å²) in [7, 11) is 0. The Morgan fingerprint density at radius 3 is 1.41 bits per heavy atom. The van der Waals surface area contributed by atoms with E-state index in [1.807, 2.05) is 0 Å². The number of ketones is 1. The van der Waals surface area contributed by atoms with Crippen molar-refractivity contribution >= 4 is 11.8 Å². The minimum Gasteiger partial charge on any atom is -0.550 e. The Kier molecular flexibility index (Phi) is 20.5. The van der Waals surface area contributed by atoms with Crippen LogP contribution in [0.15, 0.2) is 0 Å². The number of Topliss-reactive ketones (excluding diaryl/α,β-unsaturated/α-hetero) is 1. The monoisotopic (exact) mass is 304 g/mol. The third kappa shape index (κ3) is 19.7. The third-order valence-corrected chi connectivity index (χ3v) is 3.90. The predicted molar refractivity (Wildman–Crippen MR) is 84.9 cm³/mol. The zero-order valence-corrected chi connectivity index (χ0v) is 14.8. The molecule has 0 saturated heterocycles. The molecule has 0 aliphatic heterocycles. The number of aliphatic carboxylic acids is 1. The van der Waals surface area contributed by atoms with Crippen LogP contribution in [0.2, 0.25) is 0 Å². The summed E-state index contributed by atoms with van der Waals surface area (Å²) in [5.41, 5.74) is 0. The molecule has 0 atom stereocenters. The van der Waals surface area contributed by atoms with Crippen LogP contribution >= 0.6 is 0 Å². The maximum atomic E-state index is 11.6. The maximum absolute atomic E-state index is 11.6. The molecule has 0 aliphatic carbocycles. The molecule has 0 N–H and O–H groups in total. The fourth-order valence-electron chi connectivity index (χ4n) is 2.53. The minimum atomic E-state index is -0.936. The summed E-state index contributed by atoms with van der Waals surface area (Å²) in [5.74, 6) is -0.497. The van der Waals surface area contributed by atoms with Crippen LogP contribution in [0.25, 0.3) is 0 Å². The normalized spacial score (nSPS) is 10.2. The molecule has 0 unspecified atom stereocenters. The van der Waals surface area contributed by atoms with E-state index >= 15 is 0 Å². The molecule has 0 bridgehead atoms. The first-order valence-corrected chi connectivity index (χ1v) is 8.88. The molecular weight excluding hydrogens is 271 g/mol. The van der Waals surface area contributed by atoms with Gasteiger partial charge in [0.2, 0.25) is 0 Å². The van der Waals surface area contributed by atoms with Crippen LogP contribution < -0.4 is 24.0 Å². The van der Waals surface area contributed by atoms with E-state index in [2.05, 4.69) is 6.92 Å². The van der Waals surface area contributed by atoms with E-state index in [0.29, 0.717) is 5.78 Å². The molecule has 4 heteroatoms. The number of carboxylic acid groups (broad SMARTS) is 1. The van der Waals surface area contributed by atoms with Gasteiger partial charge in [0.15, 0.2) is 0 Å². The van der Waals surface area contributed by atoms with Crippen LogP contribution in [0.1, 0.15) is 103 Å². The Hall–Kier alpha value is -0.263. The predicted octanol–water partition coefficient (Wildman–Crippen LogP) is 1.18. The second-order valence-electron chi connectivity index (χ2n) is 6.05. The first-order chi connectivity index (χ1) is 10.2. The Morgan fingerprint density at radius 2 is 1.00 bits per heavy atom. The zero-order valence-electron chi connectivity index (χ0n) is 14.8. The van der Waals surface area contributed by atoms with Gasteiger partial charge >= 0.3 is 18.9 Å². The van der Waals surface area contributed by atoms with Gasteiger partial charge in [-0.2, -0.15) is 0 Å². The summed E-state index contributed by atoms with van der Waals surface area (Å²) < 4.78 is 0. The molecule has 0 aromatic carbocycles. The molecule has 0 aliphatic rings. The summed E-state index contributed by atoms with van der Waals surface area (Å²) in [6, 6.07) is 0. The van der Waals surface area contributed by atoms with Gasteiger partial charge in [-0.25, -0.2) is 0 Å². The largest absolute Gasteiger partial charge is 1.00 e. The molecule has 0 fully saturated rings. The zero-order chi connectivity index (χ0) is 15.8. The van der Waals surface area contributed by atoms with E-state index in [1.165, 1.54) is 38.5 Å². The average molecular weight is 304 g/mol. The number of rotatable bonds is 16. The van der Waals surface area contributed by atoms with Gasteiger partial charge in [-0.3, -0.25) is 4.79 Å². The van der Waals surface area contributed by atoms with Crippen LogP contribution in [-0.4, -0.2) is 11.8 Å². The van der Waals surface area contributed by atoms with Crippen molar-refractivity contribution in [2.24, 2.45) is 0 Å². The molecule has 22 heavy (non-hydrogen) atoms. The number of carboxylic acids is 1. The van der Waals surface area contributed by atoms with Crippen molar-refractivity contribution < 1.29 is 33.6 Å². The standard InChI is InChI=1S/C18H34O3.Li/c1-2-3-4-11-14-17(19)15-12-9-7-5-6-8-10-13-16-18(20)21;/h2-16H2,1H3,(H,20,21);/q;+1/p-1. The smallest absolute Gasteiger partial charge is 0.550 e. The van der Waals surface area contributed by atoms with E-state index in [9.17, 15) is 14.7 Å². The van der Waals surface area contributed by atoms with Gasteiger partial charge in [0.05, 0.1) is 0 Å². The summed E-state index contributed by atoms with van der Waals surface area (Å²) in [6.45, 7) is 2.19. The van der Waals surface area contributed by atoms with Crippen molar-refractivity contribution in [3.05, 3.63) is 0 Å². The van der Waals surface area contributed by atoms with Crippen molar-refractivity contribution in [1.82, 2.24) is 0 Å². The molecule has 0 spiro atoms. The van der Waals surface area contributed by atoms with Gasteiger partial charge in [0.25, 0.3) is 0 Å². The van der Waals surface area contributed by atoms with Gasteiger partial charge in [-0.1, -0.05) is 64.7 Å². The molecule has 0 aromatic heterocycles. The molecule has 0 aromatic rings. The van der Waals surface area contributed by atoms with Crippen molar-refractivity contribution in [3.63, 3.8) is 0 Å². The van der Waals surface area contributed by atoms with Crippen LogP contribution in [0, 0.1) is 0 Å². The van der Waals surface area contributed by atoms with Gasteiger partial charge < -0.3 is 9.90 Å². The van der Waals surface area contributed by atoms with E-state index in [-0.39, 0.29) is 25.3 Å². The van der Waals surface area contributed by atoms with E-state index in [4.69, 9.17) is 0 Å². The minimum absolute atomic E-state index is 0. The Morgan fingerprint density at radius 1 is 0.636 bits per heavy atom. The van der Waals surface area contributed by atoms with Crippen LogP contribution in [0.4, 0.5) is 0 Å². The number of carbonyl (C=O) groups is 2. The SMILES string of the molecule is CCCCCCC(=O)CCCCCCCCCCC(=O)[O-].[Li+]. The molecule has 0 heterocycles. The topological polar surface area (TPSA) is 57.2 Å². The van der Waals surface area contributed by atoms with Gasteiger partial charge in [0, 0.05) is 18.8 Å². The summed E-state index contributed by atoms with van der Waals surface area (Å²) >= 11 is 0. The Bertz CT molecular complexity index is 267. The molecule has 0 rings (SSSR count). The van der Waals surface area contributed by atoms with Crippen molar-refractivity contribution in [2.45, 2.75) is 103 Å². The fourth-order valence-corrected chi connectivity index (χ4v) is 2.53. The second-order valence-corrected chi connectivity index (χ2v) is 6.05. The average Bonchev–Trinajstić information content (AvgIpc) is 2.45. The number of hydrogen-bond donors (Lipinski definition) is 0. The number of unbranched alkanes of at least 4 members (excludes halogenated alkanes) is 10. The van der Waals surface area contributed by atoms with E-state index in [1.54, 1.807) is 0 Å². The number of carbonyl (C=O) groups excluding carboxylic acids is 2. The molecule has 0 radical (unpaired) electrons. The van der Waals surface area contributed by atoms with Crippen LogP contribution in [0.3, 0.4) is 0 Å².